The summed E-state index contributed by atoms with van der Waals surface area (Å²) in [5.41, 5.74) is 3.10. The number of benzene rings is 1. The van der Waals surface area contributed by atoms with Gasteiger partial charge >= 0.3 is 0 Å². The van der Waals surface area contributed by atoms with Gasteiger partial charge < -0.3 is 16.0 Å². The van der Waals surface area contributed by atoms with E-state index in [2.05, 4.69) is 39.8 Å². The van der Waals surface area contributed by atoms with Crippen LogP contribution in [0.3, 0.4) is 0 Å². The second-order valence-electron chi connectivity index (χ2n) is 5.95. The van der Waals surface area contributed by atoms with Crippen molar-refractivity contribution in [1.82, 2.24) is 15.6 Å². The van der Waals surface area contributed by atoms with Gasteiger partial charge in [0, 0.05) is 30.6 Å². The average molecular weight is 374 g/mol. The number of hydrogen-bond acceptors (Lipinski definition) is 4. The number of nitrogens with one attached hydrogen (secondary N) is 3. The van der Waals surface area contributed by atoms with Crippen molar-refractivity contribution < 1.29 is 4.79 Å². The smallest absolute Gasteiger partial charge is 0.243 e. The molecular formula is C19H27N5OS. The van der Waals surface area contributed by atoms with E-state index in [1.165, 1.54) is 10.4 Å². The molecule has 7 heteroatoms. The Morgan fingerprint density at radius 2 is 2.08 bits per heavy atom. The second kappa shape index (κ2) is 9.91. The summed E-state index contributed by atoms with van der Waals surface area (Å²) in [6.45, 7) is 7.07. The van der Waals surface area contributed by atoms with Gasteiger partial charge in [-0.15, -0.1) is 11.3 Å². The predicted octanol–water partition coefficient (Wildman–Crippen LogP) is 2.67. The molecule has 2 rings (SSSR count). The van der Waals surface area contributed by atoms with Crippen LogP contribution in [0.1, 0.15) is 28.1 Å². The van der Waals surface area contributed by atoms with Crippen molar-refractivity contribution in [3.63, 3.8) is 0 Å². The Hall–Kier alpha value is -2.41. The Labute approximate surface area is 159 Å². The molecule has 0 fully saturated rings. The van der Waals surface area contributed by atoms with Crippen LogP contribution in [0.15, 0.2) is 29.3 Å². The summed E-state index contributed by atoms with van der Waals surface area (Å²) < 4.78 is 0. The Bertz CT molecular complexity index is 750. The molecule has 2 aromatic rings. The van der Waals surface area contributed by atoms with Crippen LogP contribution in [-0.2, 0) is 17.6 Å². The molecule has 0 unspecified atom stereocenters. The number of thiazole rings is 1. The zero-order valence-corrected chi connectivity index (χ0v) is 16.7. The van der Waals surface area contributed by atoms with Crippen molar-refractivity contribution in [2.24, 2.45) is 4.99 Å². The van der Waals surface area contributed by atoms with Crippen molar-refractivity contribution in [2.45, 2.75) is 33.6 Å². The van der Waals surface area contributed by atoms with Gasteiger partial charge in [0.05, 0.1) is 17.2 Å². The number of carbonyl (C=O) groups is 1. The van der Waals surface area contributed by atoms with Crippen LogP contribution in [0.5, 0.6) is 0 Å². The van der Waals surface area contributed by atoms with E-state index in [0.29, 0.717) is 12.5 Å². The molecule has 0 atom stereocenters. The van der Waals surface area contributed by atoms with Crippen molar-refractivity contribution in [2.75, 3.05) is 25.5 Å². The molecule has 0 bridgehead atoms. The maximum atomic E-state index is 12.1. The first-order valence-electron chi connectivity index (χ1n) is 8.78. The van der Waals surface area contributed by atoms with Crippen LogP contribution >= 0.6 is 11.3 Å². The first-order chi connectivity index (χ1) is 12.5. The average Bonchev–Trinajstić information content (AvgIpc) is 2.95. The summed E-state index contributed by atoms with van der Waals surface area (Å²) in [6.07, 6.45) is 1.77. The van der Waals surface area contributed by atoms with Crippen LogP contribution in [0.25, 0.3) is 0 Å². The number of nitrogens with zero attached hydrogens (tertiary/aromatic N) is 2. The summed E-state index contributed by atoms with van der Waals surface area (Å²) in [5, 5.41) is 10.2. The minimum atomic E-state index is -0.104. The number of anilines is 1. The molecule has 1 heterocycles. The second-order valence-corrected chi connectivity index (χ2v) is 7.24. The highest BCUT2D eigenvalue weighted by molar-refractivity contribution is 7.11. The fourth-order valence-electron chi connectivity index (χ4n) is 2.39. The van der Waals surface area contributed by atoms with E-state index in [4.69, 9.17) is 0 Å². The fourth-order valence-corrected chi connectivity index (χ4v) is 3.33. The molecule has 1 aromatic heterocycles. The molecule has 0 spiro atoms. The van der Waals surface area contributed by atoms with Crippen LogP contribution < -0.4 is 16.0 Å². The lowest BCUT2D eigenvalue weighted by atomic mass is 10.1. The monoisotopic (exact) mass is 373 g/mol. The lowest BCUT2D eigenvalue weighted by Gasteiger charge is -2.12. The van der Waals surface area contributed by atoms with Gasteiger partial charge in [-0.2, -0.15) is 0 Å². The number of aromatic nitrogens is 1. The predicted molar refractivity (Wildman–Crippen MR) is 109 cm³/mol. The fraction of sp³-hybridized carbons (Fsp3) is 0.421. The van der Waals surface area contributed by atoms with Gasteiger partial charge in [-0.3, -0.25) is 9.79 Å². The normalized spacial score (nSPS) is 11.3. The highest BCUT2D eigenvalue weighted by atomic mass is 32.1. The van der Waals surface area contributed by atoms with Crippen LogP contribution in [0.2, 0.25) is 0 Å². The third-order valence-corrected chi connectivity index (χ3v) is 5.10. The Kier molecular flexibility index (Phi) is 7.59. The Morgan fingerprint density at radius 1 is 1.27 bits per heavy atom. The molecule has 1 aromatic carbocycles. The number of hydrogen-bond donors (Lipinski definition) is 3. The van der Waals surface area contributed by atoms with E-state index < -0.39 is 0 Å². The first kappa shape index (κ1) is 19.9. The zero-order chi connectivity index (χ0) is 18.9. The highest BCUT2D eigenvalue weighted by Gasteiger charge is 2.06. The summed E-state index contributed by atoms with van der Waals surface area (Å²) in [4.78, 5) is 22.0. The number of aliphatic imine (C=N–C) groups is 1. The van der Waals surface area contributed by atoms with E-state index in [-0.39, 0.29) is 12.5 Å². The zero-order valence-electron chi connectivity index (χ0n) is 15.8. The van der Waals surface area contributed by atoms with Gasteiger partial charge in [-0.05, 0) is 38.0 Å². The SMILES string of the molecule is CCc1cccc(NC(=O)CNC(=NC)NCCc2nc(C)c(C)s2)c1. The molecular weight excluding hydrogens is 346 g/mol. The number of amides is 1. The number of rotatable bonds is 7. The first-order valence-corrected chi connectivity index (χ1v) is 9.59. The largest absolute Gasteiger partial charge is 0.356 e. The maximum Gasteiger partial charge on any atom is 0.243 e. The lowest BCUT2D eigenvalue weighted by molar-refractivity contribution is -0.115. The van der Waals surface area contributed by atoms with Gasteiger partial charge in [0.25, 0.3) is 0 Å². The molecule has 26 heavy (non-hydrogen) atoms. The van der Waals surface area contributed by atoms with Crippen molar-refractivity contribution >= 4 is 28.9 Å². The van der Waals surface area contributed by atoms with Crippen LogP contribution in [0, 0.1) is 13.8 Å². The van der Waals surface area contributed by atoms with E-state index in [9.17, 15) is 4.79 Å². The Morgan fingerprint density at radius 3 is 2.73 bits per heavy atom. The highest BCUT2D eigenvalue weighted by Crippen LogP contribution is 2.16. The summed E-state index contributed by atoms with van der Waals surface area (Å²) >= 11 is 1.72. The molecule has 140 valence electrons. The van der Waals surface area contributed by atoms with Gasteiger partial charge in [0.2, 0.25) is 5.91 Å². The van der Waals surface area contributed by atoms with E-state index >= 15 is 0 Å². The van der Waals surface area contributed by atoms with Crippen LogP contribution in [-0.4, -0.2) is 37.0 Å². The van der Waals surface area contributed by atoms with Gasteiger partial charge in [0.1, 0.15) is 0 Å². The molecule has 0 radical (unpaired) electrons. The Balaban J connectivity index is 1.74. The van der Waals surface area contributed by atoms with E-state index in [0.717, 1.165) is 29.2 Å². The minimum absolute atomic E-state index is 0.104. The standard InChI is InChI=1S/C19H27N5OS/c1-5-15-7-6-8-16(11-15)24-17(25)12-22-19(20-4)21-10-9-18-23-13(2)14(3)26-18/h6-8,11H,5,9-10,12H2,1-4H3,(H,24,25)(H2,20,21,22). The number of guanidine groups is 1. The van der Waals surface area contributed by atoms with E-state index in [1.54, 1.807) is 18.4 Å². The number of aryl methyl sites for hydroxylation is 3. The summed E-state index contributed by atoms with van der Waals surface area (Å²) in [5.74, 6) is 0.500. The molecule has 0 aliphatic rings. The van der Waals surface area contributed by atoms with Crippen molar-refractivity contribution in [3.8, 4) is 0 Å². The topological polar surface area (TPSA) is 78.4 Å². The van der Waals surface area contributed by atoms with Crippen molar-refractivity contribution in [3.05, 3.63) is 45.4 Å². The van der Waals surface area contributed by atoms with Crippen LogP contribution in [0.4, 0.5) is 5.69 Å². The molecule has 0 aliphatic carbocycles. The molecule has 0 saturated carbocycles. The third-order valence-electron chi connectivity index (χ3n) is 3.96. The van der Waals surface area contributed by atoms with Gasteiger partial charge in [0.15, 0.2) is 5.96 Å². The van der Waals surface area contributed by atoms with Crippen molar-refractivity contribution in [1.29, 1.82) is 0 Å². The third kappa shape index (κ3) is 6.15. The minimum Gasteiger partial charge on any atom is -0.356 e. The quantitative estimate of drug-likeness (QED) is 0.515. The molecule has 1 amide bonds. The molecule has 6 nitrogen and oxygen atoms in total. The molecule has 3 N–H and O–H groups in total. The summed E-state index contributed by atoms with van der Waals surface area (Å²) in [6, 6.07) is 7.88. The van der Waals surface area contributed by atoms with Gasteiger partial charge in [-0.25, -0.2) is 4.98 Å². The maximum absolute atomic E-state index is 12.1. The van der Waals surface area contributed by atoms with E-state index in [1.807, 2.05) is 31.2 Å². The molecule has 0 aliphatic heterocycles. The molecule has 0 saturated heterocycles. The summed E-state index contributed by atoms with van der Waals surface area (Å²) in [7, 11) is 1.69. The van der Waals surface area contributed by atoms with Gasteiger partial charge in [-0.1, -0.05) is 19.1 Å². The number of carbonyl (C=O) groups excluding carboxylic acids is 1. The lowest BCUT2D eigenvalue weighted by Crippen LogP contribution is -2.42.